The lowest BCUT2D eigenvalue weighted by Crippen LogP contribution is -2.33. The van der Waals surface area contributed by atoms with Gasteiger partial charge in [0.2, 0.25) is 0 Å². The molecule has 0 radical (unpaired) electrons. The number of pyridine rings is 1. The van der Waals surface area contributed by atoms with Crippen molar-refractivity contribution >= 4 is 11.6 Å². The van der Waals surface area contributed by atoms with Crippen molar-refractivity contribution in [1.29, 1.82) is 0 Å². The third kappa shape index (κ3) is 4.54. The fourth-order valence-corrected chi connectivity index (χ4v) is 3.33. The average molecular weight is 384 g/mol. The minimum absolute atomic E-state index is 0.146. The van der Waals surface area contributed by atoms with Gasteiger partial charge in [-0.15, -0.1) is 0 Å². The Hall–Kier alpha value is -2.80. The summed E-state index contributed by atoms with van der Waals surface area (Å²) in [5.41, 5.74) is 3.91. The molecule has 1 N–H and O–H groups in total. The normalized spacial score (nSPS) is 13.2. The molecule has 150 valence electrons. The van der Waals surface area contributed by atoms with Gasteiger partial charge in [-0.1, -0.05) is 0 Å². The van der Waals surface area contributed by atoms with Gasteiger partial charge in [0.25, 0.3) is 5.91 Å². The number of fused-ring (bicyclic) bond motifs is 1. The molecule has 1 aliphatic heterocycles. The maximum atomic E-state index is 12.4. The molecule has 1 aromatic carbocycles. The molecule has 0 saturated heterocycles. The summed E-state index contributed by atoms with van der Waals surface area (Å²) in [4.78, 5) is 20.9. The van der Waals surface area contributed by atoms with Crippen LogP contribution in [0.4, 0.5) is 5.69 Å². The number of nitrogens with zero attached hydrogens (tertiary/aromatic N) is 3. The van der Waals surface area contributed by atoms with Gasteiger partial charge in [-0.25, -0.2) is 0 Å². The number of nitrogens with one attached hydrogen (secondary N) is 1. The molecule has 0 spiro atoms. The van der Waals surface area contributed by atoms with Gasteiger partial charge in [-0.2, -0.15) is 0 Å². The Bertz CT molecular complexity index is 838. The van der Waals surface area contributed by atoms with E-state index < -0.39 is 0 Å². The molecule has 0 unspecified atom stereocenters. The Morgan fingerprint density at radius 2 is 1.89 bits per heavy atom. The first-order valence-electron chi connectivity index (χ1n) is 9.39. The van der Waals surface area contributed by atoms with Crippen molar-refractivity contribution in [2.24, 2.45) is 0 Å². The van der Waals surface area contributed by atoms with Crippen LogP contribution in [-0.4, -0.2) is 63.7 Å². The van der Waals surface area contributed by atoms with Crippen molar-refractivity contribution in [3.8, 4) is 11.5 Å². The second kappa shape index (κ2) is 8.93. The van der Waals surface area contributed by atoms with Gasteiger partial charge < -0.3 is 24.6 Å². The fraction of sp³-hybridized carbons (Fsp3) is 0.429. The molecule has 1 aliphatic rings. The van der Waals surface area contributed by atoms with E-state index in [9.17, 15) is 4.79 Å². The second-order valence-corrected chi connectivity index (χ2v) is 7.11. The van der Waals surface area contributed by atoms with Crippen LogP contribution in [0.25, 0.3) is 0 Å². The van der Waals surface area contributed by atoms with Crippen LogP contribution in [0.1, 0.15) is 21.6 Å². The summed E-state index contributed by atoms with van der Waals surface area (Å²) < 4.78 is 10.8. The molecule has 2 heterocycles. The standard InChI is InChI=1S/C21H28N4O3/c1-24(2)10-8-23-21(26)18-13-17(5-7-22-18)25-9-6-15-11-19(27-3)20(28-4)12-16(15)14-25/h5,7,11-13H,6,8-10,14H2,1-4H3,(H,23,26). The van der Waals surface area contributed by atoms with Crippen molar-refractivity contribution in [3.63, 3.8) is 0 Å². The molecule has 7 heteroatoms. The van der Waals surface area contributed by atoms with Gasteiger partial charge >= 0.3 is 0 Å². The quantitative estimate of drug-likeness (QED) is 0.787. The lowest BCUT2D eigenvalue weighted by molar-refractivity contribution is 0.0946. The largest absolute Gasteiger partial charge is 0.493 e. The molecule has 0 saturated carbocycles. The molecule has 1 amide bonds. The Labute approximate surface area is 166 Å². The molecule has 7 nitrogen and oxygen atoms in total. The van der Waals surface area contributed by atoms with Crippen molar-refractivity contribution in [2.75, 3.05) is 52.8 Å². The molecule has 0 aliphatic carbocycles. The number of rotatable bonds is 7. The lowest BCUT2D eigenvalue weighted by Gasteiger charge is -2.31. The topological polar surface area (TPSA) is 66.9 Å². The zero-order valence-corrected chi connectivity index (χ0v) is 17.0. The van der Waals surface area contributed by atoms with E-state index in [1.807, 2.05) is 37.2 Å². The highest BCUT2D eigenvalue weighted by atomic mass is 16.5. The number of amides is 1. The molecule has 28 heavy (non-hydrogen) atoms. The number of anilines is 1. The van der Waals surface area contributed by atoms with E-state index >= 15 is 0 Å². The van der Waals surface area contributed by atoms with Crippen LogP contribution in [0.2, 0.25) is 0 Å². The van der Waals surface area contributed by atoms with Gasteiger partial charge in [-0.05, 0) is 55.9 Å². The number of ether oxygens (including phenoxy) is 2. The number of carbonyl (C=O) groups is 1. The number of aromatic nitrogens is 1. The molecule has 1 aromatic heterocycles. The van der Waals surface area contributed by atoms with Crippen molar-refractivity contribution in [2.45, 2.75) is 13.0 Å². The third-order valence-corrected chi connectivity index (χ3v) is 4.90. The Kier molecular flexibility index (Phi) is 6.36. The maximum Gasteiger partial charge on any atom is 0.269 e. The Balaban J connectivity index is 1.74. The minimum atomic E-state index is -0.146. The van der Waals surface area contributed by atoms with E-state index in [1.165, 1.54) is 11.1 Å². The van der Waals surface area contributed by atoms with Gasteiger partial charge in [0.05, 0.1) is 14.2 Å². The van der Waals surface area contributed by atoms with E-state index in [0.29, 0.717) is 12.2 Å². The van der Waals surface area contributed by atoms with Crippen LogP contribution in [0.15, 0.2) is 30.5 Å². The van der Waals surface area contributed by atoms with E-state index in [1.54, 1.807) is 20.4 Å². The van der Waals surface area contributed by atoms with E-state index in [-0.39, 0.29) is 5.91 Å². The molecule has 2 aromatic rings. The second-order valence-electron chi connectivity index (χ2n) is 7.11. The summed E-state index contributed by atoms with van der Waals surface area (Å²) >= 11 is 0. The summed E-state index contributed by atoms with van der Waals surface area (Å²) in [5.74, 6) is 1.35. The monoisotopic (exact) mass is 384 g/mol. The maximum absolute atomic E-state index is 12.4. The van der Waals surface area contributed by atoms with Crippen molar-refractivity contribution in [1.82, 2.24) is 15.2 Å². The van der Waals surface area contributed by atoms with Gasteiger partial charge in [-0.3, -0.25) is 9.78 Å². The van der Waals surface area contributed by atoms with Crippen LogP contribution in [0, 0.1) is 0 Å². The van der Waals surface area contributed by atoms with Crippen LogP contribution < -0.4 is 19.7 Å². The number of carbonyl (C=O) groups excluding carboxylic acids is 1. The SMILES string of the molecule is COc1cc2c(cc1OC)CN(c1ccnc(C(=O)NCCN(C)C)c1)CC2. The highest BCUT2D eigenvalue weighted by molar-refractivity contribution is 5.93. The number of methoxy groups -OCH3 is 2. The fourth-order valence-electron chi connectivity index (χ4n) is 3.33. The summed E-state index contributed by atoms with van der Waals surface area (Å²) in [6.07, 6.45) is 2.60. The highest BCUT2D eigenvalue weighted by Gasteiger charge is 2.20. The summed E-state index contributed by atoms with van der Waals surface area (Å²) in [5, 5.41) is 2.91. The predicted molar refractivity (Wildman–Crippen MR) is 109 cm³/mol. The lowest BCUT2D eigenvalue weighted by atomic mass is 9.98. The number of hydrogen-bond donors (Lipinski definition) is 1. The zero-order valence-electron chi connectivity index (χ0n) is 17.0. The molecular formula is C21H28N4O3. The van der Waals surface area contributed by atoms with Crippen LogP contribution in [-0.2, 0) is 13.0 Å². The minimum Gasteiger partial charge on any atom is -0.493 e. The van der Waals surface area contributed by atoms with Crippen LogP contribution in [0.3, 0.4) is 0 Å². The molecule has 0 fully saturated rings. The van der Waals surface area contributed by atoms with Crippen molar-refractivity contribution in [3.05, 3.63) is 47.3 Å². The van der Waals surface area contributed by atoms with E-state index in [4.69, 9.17) is 9.47 Å². The smallest absolute Gasteiger partial charge is 0.269 e. The van der Waals surface area contributed by atoms with Gasteiger partial charge in [0, 0.05) is 38.1 Å². The van der Waals surface area contributed by atoms with Gasteiger partial charge in [0.15, 0.2) is 11.5 Å². The first-order valence-corrected chi connectivity index (χ1v) is 9.39. The third-order valence-electron chi connectivity index (χ3n) is 4.90. The van der Waals surface area contributed by atoms with Gasteiger partial charge in [0.1, 0.15) is 5.69 Å². The number of likely N-dealkylation sites (N-methyl/N-ethyl adjacent to an activating group) is 1. The van der Waals surface area contributed by atoms with E-state index in [0.717, 1.165) is 43.2 Å². The summed E-state index contributed by atoms with van der Waals surface area (Å²) in [6, 6.07) is 7.90. The number of hydrogen-bond acceptors (Lipinski definition) is 6. The van der Waals surface area contributed by atoms with Crippen LogP contribution >= 0.6 is 0 Å². The number of benzene rings is 1. The zero-order chi connectivity index (χ0) is 20.1. The predicted octanol–water partition coefficient (Wildman–Crippen LogP) is 1.95. The first kappa shape index (κ1) is 19.9. The molecule has 0 bridgehead atoms. The van der Waals surface area contributed by atoms with Crippen molar-refractivity contribution < 1.29 is 14.3 Å². The van der Waals surface area contributed by atoms with Crippen LogP contribution in [0.5, 0.6) is 11.5 Å². The van der Waals surface area contributed by atoms with E-state index in [2.05, 4.69) is 21.3 Å². The first-order chi connectivity index (χ1) is 13.5. The molecule has 0 atom stereocenters. The summed E-state index contributed by atoms with van der Waals surface area (Å²) in [7, 11) is 7.25. The Morgan fingerprint density at radius 1 is 1.18 bits per heavy atom. The molecular weight excluding hydrogens is 356 g/mol. The Morgan fingerprint density at radius 3 is 2.57 bits per heavy atom. The average Bonchev–Trinajstić information content (AvgIpc) is 2.72. The summed E-state index contributed by atoms with van der Waals surface area (Å²) in [6.45, 7) is 3.01. The molecule has 3 rings (SSSR count). The highest BCUT2D eigenvalue weighted by Crippen LogP contribution is 2.34.